The predicted octanol–water partition coefficient (Wildman–Crippen LogP) is 1.17. The highest BCUT2D eigenvalue weighted by Gasteiger charge is 2.39. The van der Waals surface area contributed by atoms with Crippen molar-refractivity contribution in [1.82, 2.24) is 10.2 Å². The normalized spacial score (nSPS) is 21.8. The van der Waals surface area contributed by atoms with Crippen molar-refractivity contribution in [3.63, 3.8) is 0 Å². The van der Waals surface area contributed by atoms with E-state index >= 15 is 0 Å². The number of nitrogens with zero attached hydrogens (tertiary/aromatic N) is 2. The van der Waals surface area contributed by atoms with E-state index in [0.29, 0.717) is 19.4 Å². The van der Waals surface area contributed by atoms with Crippen LogP contribution < -0.4 is 11.1 Å². The Labute approximate surface area is 142 Å². The number of carbonyl (C=O) groups excluding carboxylic acids is 2. The third-order valence-electron chi connectivity index (χ3n) is 4.48. The van der Waals surface area contributed by atoms with E-state index in [9.17, 15) is 14.9 Å². The highest BCUT2D eigenvalue weighted by atomic mass is 16.2. The van der Waals surface area contributed by atoms with Crippen molar-refractivity contribution >= 4 is 11.8 Å². The van der Waals surface area contributed by atoms with Gasteiger partial charge in [-0.05, 0) is 18.4 Å². The Morgan fingerprint density at radius 1 is 1.42 bits per heavy atom. The molecule has 2 atom stereocenters. The molecule has 0 spiro atoms. The van der Waals surface area contributed by atoms with Crippen LogP contribution in [0.3, 0.4) is 0 Å². The van der Waals surface area contributed by atoms with Gasteiger partial charge >= 0.3 is 0 Å². The van der Waals surface area contributed by atoms with Gasteiger partial charge < -0.3 is 11.1 Å². The number of benzene rings is 1. The van der Waals surface area contributed by atoms with Gasteiger partial charge in [-0.1, -0.05) is 37.3 Å². The maximum Gasteiger partial charge on any atom is 0.221 e. The number of amides is 2. The van der Waals surface area contributed by atoms with Crippen LogP contribution in [-0.2, 0) is 16.1 Å². The van der Waals surface area contributed by atoms with Crippen molar-refractivity contribution in [3.05, 3.63) is 35.9 Å². The van der Waals surface area contributed by atoms with Crippen LogP contribution in [0.1, 0.15) is 31.7 Å². The molecule has 1 saturated heterocycles. The Hall–Kier alpha value is -2.39. The average Bonchev–Trinajstić information content (AvgIpc) is 2.96. The zero-order chi connectivity index (χ0) is 17.6. The minimum Gasteiger partial charge on any atom is -0.369 e. The average molecular weight is 328 g/mol. The smallest absolute Gasteiger partial charge is 0.221 e. The molecule has 6 heteroatoms. The maximum absolute atomic E-state index is 12.1. The Morgan fingerprint density at radius 3 is 2.75 bits per heavy atom. The molecule has 0 aromatic heterocycles. The zero-order valence-corrected chi connectivity index (χ0v) is 14.0. The summed E-state index contributed by atoms with van der Waals surface area (Å²) in [6.07, 6.45) is 1.20. The van der Waals surface area contributed by atoms with Crippen LogP contribution in [0, 0.1) is 17.2 Å². The molecule has 1 aliphatic rings. The zero-order valence-electron chi connectivity index (χ0n) is 14.0. The SMILES string of the molecule is CC(CCC(=O)NC1(C#N)CCN(Cc2ccccc2)C1)C(N)=O. The van der Waals surface area contributed by atoms with E-state index in [4.69, 9.17) is 5.73 Å². The highest BCUT2D eigenvalue weighted by molar-refractivity contribution is 5.80. The Balaban J connectivity index is 1.87. The summed E-state index contributed by atoms with van der Waals surface area (Å²) in [4.78, 5) is 25.3. The Bertz CT molecular complexity index is 626. The van der Waals surface area contributed by atoms with Crippen molar-refractivity contribution in [2.45, 2.75) is 38.3 Å². The van der Waals surface area contributed by atoms with Crippen LogP contribution in [0.15, 0.2) is 30.3 Å². The largest absolute Gasteiger partial charge is 0.369 e. The molecule has 1 heterocycles. The van der Waals surface area contributed by atoms with E-state index in [1.54, 1.807) is 6.92 Å². The number of hydrogen-bond donors (Lipinski definition) is 2. The minimum absolute atomic E-state index is 0.201. The molecule has 3 N–H and O–H groups in total. The molecule has 2 unspecified atom stereocenters. The maximum atomic E-state index is 12.1. The quantitative estimate of drug-likeness (QED) is 0.785. The van der Waals surface area contributed by atoms with Gasteiger partial charge in [-0.2, -0.15) is 5.26 Å². The number of rotatable bonds is 7. The van der Waals surface area contributed by atoms with Crippen LogP contribution in [0.4, 0.5) is 0 Å². The molecule has 1 aromatic carbocycles. The molecule has 0 radical (unpaired) electrons. The van der Waals surface area contributed by atoms with Crippen LogP contribution in [0.25, 0.3) is 0 Å². The fraction of sp³-hybridized carbons (Fsp3) is 0.500. The van der Waals surface area contributed by atoms with Crippen molar-refractivity contribution in [1.29, 1.82) is 5.26 Å². The van der Waals surface area contributed by atoms with Gasteiger partial charge in [0, 0.05) is 32.0 Å². The molecule has 2 amide bonds. The van der Waals surface area contributed by atoms with Crippen molar-refractivity contribution in [2.24, 2.45) is 11.7 Å². The fourth-order valence-corrected chi connectivity index (χ4v) is 2.91. The summed E-state index contributed by atoms with van der Waals surface area (Å²) >= 11 is 0. The van der Waals surface area contributed by atoms with E-state index in [0.717, 1.165) is 13.1 Å². The lowest BCUT2D eigenvalue weighted by Gasteiger charge is -2.23. The lowest BCUT2D eigenvalue weighted by Crippen LogP contribution is -2.49. The molecular formula is C18H24N4O2. The number of primary amides is 1. The van der Waals surface area contributed by atoms with Gasteiger partial charge in [0.2, 0.25) is 11.8 Å². The van der Waals surface area contributed by atoms with Crippen LogP contribution in [0.5, 0.6) is 0 Å². The van der Waals surface area contributed by atoms with Gasteiger partial charge in [-0.15, -0.1) is 0 Å². The van der Waals surface area contributed by atoms with E-state index < -0.39 is 11.4 Å². The van der Waals surface area contributed by atoms with Gasteiger partial charge in [0.15, 0.2) is 0 Å². The van der Waals surface area contributed by atoms with Gasteiger partial charge in [0.05, 0.1) is 6.07 Å². The first-order chi connectivity index (χ1) is 11.4. The molecule has 0 aliphatic carbocycles. The predicted molar refractivity (Wildman–Crippen MR) is 90.4 cm³/mol. The summed E-state index contributed by atoms with van der Waals surface area (Å²) in [6, 6.07) is 12.3. The molecular weight excluding hydrogens is 304 g/mol. The van der Waals surface area contributed by atoms with Crippen molar-refractivity contribution in [3.8, 4) is 6.07 Å². The summed E-state index contributed by atoms with van der Waals surface area (Å²) < 4.78 is 0. The summed E-state index contributed by atoms with van der Waals surface area (Å²) in [6.45, 7) is 3.74. The molecule has 24 heavy (non-hydrogen) atoms. The van der Waals surface area contributed by atoms with Crippen LogP contribution >= 0.6 is 0 Å². The molecule has 1 fully saturated rings. The molecule has 6 nitrogen and oxygen atoms in total. The van der Waals surface area contributed by atoms with Crippen molar-refractivity contribution < 1.29 is 9.59 Å². The van der Waals surface area contributed by atoms with Gasteiger partial charge in [-0.3, -0.25) is 14.5 Å². The summed E-state index contributed by atoms with van der Waals surface area (Å²) in [5.74, 6) is -0.953. The third kappa shape index (κ3) is 4.80. The Morgan fingerprint density at radius 2 is 2.12 bits per heavy atom. The van der Waals surface area contributed by atoms with Gasteiger partial charge in [0.1, 0.15) is 5.54 Å². The molecule has 128 valence electrons. The molecule has 1 aliphatic heterocycles. The topological polar surface area (TPSA) is 99.2 Å². The second kappa shape index (κ2) is 7.93. The number of nitrogens with one attached hydrogen (secondary N) is 1. The van der Waals surface area contributed by atoms with Gasteiger partial charge in [-0.25, -0.2) is 0 Å². The van der Waals surface area contributed by atoms with Crippen LogP contribution in [-0.4, -0.2) is 35.3 Å². The van der Waals surface area contributed by atoms with Gasteiger partial charge in [0.25, 0.3) is 0 Å². The first-order valence-electron chi connectivity index (χ1n) is 8.22. The molecule has 1 aromatic rings. The highest BCUT2D eigenvalue weighted by Crippen LogP contribution is 2.23. The van der Waals surface area contributed by atoms with E-state index in [-0.39, 0.29) is 18.2 Å². The number of carbonyl (C=O) groups is 2. The lowest BCUT2D eigenvalue weighted by atomic mass is 9.99. The van der Waals surface area contributed by atoms with E-state index in [2.05, 4.69) is 28.4 Å². The second-order valence-electron chi connectivity index (χ2n) is 6.53. The van der Waals surface area contributed by atoms with E-state index in [1.165, 1.54) is 5.56 Å². The van der Waals surface area contributed by atoms with Crippen molar-refractivity contribution in [2.75, 3.05) is 13.1 Å². The summed E-state index contributed by atoms with van der Waals surface area (Å²) in [7, 11) is 0. The second-order valence-corrected chi connectivity index (χ2v) is 6.53. The first kappa shape index (κ1) is 18.0. The fourth-order valence-electron chi connectivity index (χ4n) is 2.91. The monoisotopic (exact) mass is 328 g/mol. The summed E-state index contributed by atoms with van der Waals surface area (Å²) in [5, 5.41) is 12.4. The first-order valence-corrected chi connectivity index (χ1v) is 8.22. The number of nitrogens with two attached hydrogens (primary N) is 1. The molecule has 0 saturated carbocycles. The van der Waals surface area contributed by atoms with Crippen LogP contribution in [0.2, 0.25) is 0 Å². The Kier molecular flexibility index (Phi) is 5.93. The standard InChI is InChI=1S/C18H24N4O2/c1-14(17(20)24)7-8-16(23)21-18(12-19)9-10-22(13-18)11-15-5-3-2-4-6-15/h2-6,14H,7-11,13H2,1H3,(H2,20,24)(H,21,23). The molecule has 2 rings (SSSR count). The third-order valence-corrected chi connectivity index (χ3v) is 4.48. The molecule has 0 bridgehead atoms. The number of likely N-dealkylation sites (tertiary alicyclic amines) is 1. The number of nitriles is 1. The summed E-state index contributed by atoms with van der Waals surface area (Å²) in [5.41, 5.74) is 5.54. The van der Waals surface area contributed by atoms with E-state index in [1.807, 2.05) is 18.2 Å². The number of hydrogen-bond acceptors (Lipinski definition) is 4. The minimum atomic E-state index is -0.845. The lowest BCUT2D eigenvalue weighted by molar-refractivity contribution is -0.123.